The highest BCUT2D eigenvalue weighted by Crippen LogP contribution is 2.40. The number of hydrogen-bond acceptors (Lipinski definition) is 1. The SMILES string of the molecule is CCCC(C)(CCC(C)(C)CNC(C)C(F)(F)F)C(C)C. The van der Waals surface area contributed by atoms with Gasteiger partial charge < -0.3 is 5.32 Å². The highest BCUT2D eigenvalue weighted by atomic mass is 19.4. The minimum Gasteiger partial charge on any atom is -0.306 e. The average Bonchev–Trinajstić information content (AvgIpc) is 2.33. The highest BCUT2D eigenvalue weighted by molar-refractivity contribution is 4.83. The fraction of sp³-hybridized carbons (Fsp3) is 1.00. The molecule has 0 aromatic rings. The minimum absolute atomic E-state index is 0.122. The van der Waals surface area contributed by atoms with E-state index in [4.69, 9.17) is 0 Å². The van der Waals surface area contributed by atoms with Gasteiger partial charge in [-0.15, -0.1) is 0 Å². The zero-order chi connectivity index (χ0) is 16.9. The van der Waals surface area contributed by atoms with Gasteiger partial charge in [0.25, 0.3) is 0 Å². The molecule has 0 amide bonds. The van der Waals surface area contributed by atoms with Gasteiger partial charge in [-0.3, -0.25) is 0 Å². The van der Waals surface area contributed by atoms with E-state index in [2.05, 4.69) is 46.9 Å². The smallest absolute Gasteiger partial charge is 0.306 e. The lowest BCUT2D eigenvalue weighted by Gasteiger charge is -2.37. The van der Waals surface area contributed by atoms with E-state index in [-0.39, 0.29) is 10.8 Å². The van der Waals surface area contributed by atoms with Crippen LogP contribution in [0.5, 0.6) is 0 Å². The standard InChI is InChI=1S/C17H34F3N/c1-8-9-16(7,13(2)3)11-10-15(5,6)12-21-14(4)17(18,19)20/h13-14,21H,8-12H2,1-7H3. The van der Waals surface area contributed by atoms with Gasteiger partial charge in [0.15, 0.2) is 0 Å². The van der Waals surface area contributed by atoms with E-state index in [0.29, 0.717) is 12.5 Å². The molecule has 0 aromatic heterocycles. The summed E-state index contributed by atoms with van der Waals surface area (Å²) in [6.07, 6.45) is 0.170. The largest absolute Gasteiger partial charge is 0.403 e. The fourth-order valence-electron chi connectivity index (χ4n) is 2.53. The summed E-state index contributed by atoms with van der Waals surface area (Å²) in [6.45, 7) is 14.7. The van der Waals surface area contributed by atoms with Crippen LogP contribution in [0.15, 0.2) is 0 Å². The number of rotatable bonds is 9. The summed E-state index contributed by atoms with van der Waals surface area (Å²) >= 11 is 0. The van der Waals surface area contributed by atoms with Crippen LogP contribution in [0.4, 0.5) is 13.2 Å². The Balaban J connectivity index is 4.47. The first-order chi connectivity index (χ1) is 9.34. The van der Waals surface area contributed by atoms with Crippen LogP contribution < -0.4 is 5.32 Å². The molecule has 0 saturated carbocycles. The van der Waals surface area contributed by atoms with Crippen molar-refractivity contribution in [3.05, 3.63) is 0 Å². The van der Waals surface area contributed by atoms with Crippen molar-refractivity contribution < 1.29 is 13.2 Å². The zero-order valence-corrected chi connectivity index (χ0v) is 14.8. The van der Waals surface area contributed by atoms with E-state index in [1.54, 1.807) is 0 Å². The third kappa shape index (κ3) is 7.53. The summed E-state index contributed by atoms with van der Waals surface area (Å²) in [5, 5.41) is 2.64. The van der Waals surface area contributed by atoms with E-state index in [1.165, 1.54) is 13.3 Å². The molecule has 128 valence electrons. The normalized spacial score (nSPS) is 17.9. The molecular weight excluding hydrogens is 275 g/mol. The summed E-state index contributed by atoms with van der Waals surface area (Å²) in [5.41, 5.74) is 0.158. The van der Waals surface area contributed by atoms with Crippen molar-refractivity contribution in [1.29, 1.82) is 0 Å². The van der Waals surface area contributed by atoms with Crippen LogP contribution in [0.3, 0.4) is 0 Å². The Bertz CT molecular complexity index is 297. The second kappa shape index (κ2) is 7.85. The van der Waals surface area contributed by atoms with Gasteiger partial charge >= 0.3 is 6.18 Å². The first kappa shape index (κ1) is 20.8. The molecule has 0 aliphatic carbocycles. The lowest BCUT2D eigenvalue weighted by Crippen LogP contribution is -2.44. The summed E-state index contributed by atoms with van der Waals surface area (Å²) < 4.78 is 37.6. The molecule has 1 N–H and O–H groups in total. The summed E-state index contributed by atoms with van der Waals surface area (Å²) in [5.74, 6) is 0.593. The monoisotopic (exact) mass is 309 g/mol. The van der Waals surface area contributed by atoms with Crippen molar-refractivity contribution in [2.45, 2.75) is 86.4 Å². The molecule has 4 heteroatoms. The van der Waals surface area contributed by atoms with Crippen molar-refractivity contribution in [2.24, 2.45) is 16.7 Å². The van der Waals surface area contributed by atoms with Crippen LogP contribution in [-0.4, -0.2) is 18.8 Å². The van der Waals surface area contributed by atoms with Gasteiger partial charge in [0.05, 0.1) is 0 Å². The zero-order valence-electron chi connectivity index (χ0n) is 14.8. The number of halogens is 3. The Hall–Kier alpha value is -0.250. The maximum atomic E-state index is 12.5. The van der Waals surface area contributed by atoms with E-state index >= 15 is 0 Å². The molecule has 0 aliphatic rings. The molecule has 0 heterocycles. The molecule has 2 atom stereocenters. The van der Waals surface area contributed by atoms with Gasteiger partial charge in [0.2, 0.25) is 0 Å². The Labute approximate surface area is 129 Å². The quantitative estimate of drug-likeness (QED) is 0.568. The molecule has 2 unspecified atom stereocenters. The van der Waals surface area contributed by atoms with Crippen molar-refractivity contribution >= 4 is 0 Å². The van der Waals surface area contributed by atoms with Crippen molar-refractivity contribution in [3.8, 4) is 0 Å². The lowest BCUT2D eigenvalue weighted by atomic mass is 9.69. The number of nitrogens with one attached hydrogen (secondary N) is 1. The van der Waals surface area contributed by atoms with Crippen molar-refractivity contribution in [3.63, 3.8) is 0 Å². The molecule has 0 rings (SSSR count). The summed E-state index contributed by atoms with van der Waals surface area (Å²) in [7, 11) is 0. The Morgan fingerprint density at radius 2 is 1.43 bits per heavy atom. The lowest BCUT2D eigenvalue weighted by molar-refractivity contribution is -0.152. The van der Waals surface area contributed by atoms with E-state index in [9.17, 15) is 13.2 Å². The van der Waals surface area contributed by atoms with Gasteiger partial charge in [-0.2, -0.15) is 13.2 Å². The molecular formula is C17H34F3N. The second-order valence-electron chi connectivity index (χ2n) is 7.87. The highest BCUT2D eigenvalue weighted by Gasteiger charge is 2.37. The maximum absolute atomic E-state index is 12.5. The molecule has 21 heavy (non-hydrogen) atoms. The third-order valence-electron chi connectivity index (χ3n) is 4.97. The predicted molar refractivity (Wildman–Crippen MR) is 84.4 cm³/mol. The minimum atomic E-state index is -4.16. The fourth-order valence-corrected chi connectivity index (χ4v) is 2.53. The second-order valence-corrected chi connectivity index (χ2v) is 7.87. The van der Waals surface area contributed by atoms with Gasteiger partial charge in [-0.1, -0.05) is 48.0 Å². The predicted octanol–water partition coefficient (Wildman–Crippen LogP) is 5.80. The van der Waals surface area contributed by atoms with Crippen molar-refractivity contribution in [2.75, 3.05) is 6.54 Å². The summed E-state index contributed by atoms with van der Waals surface area (Å²) in [6, 6.07) is -1.44. The van der Waals surface area contributed by atoms with Gasteiger partial charge in [0, 0.05) is 6.54 Å². The van der Waals surface area contributed by atoms with Crippen LogP contribution in [0.25, 0.3) is 0 Å². The van der Waals surface area contributed by atoms with E-state index in [1.807, 2.05) is 0 Å². The van der Waals surface area contributed by atoms with Crippen LogP contribution in [-0.2, 0) is 0 Å². The molecule has 0 spiro atoms. The van der Waals surface area contributed by atoms with Gasteiger partial charge in [-0.25, -0.2) is 0 Å². The van der Waals surface area contributed by atoms with E-state index in [0.717, 1.165) is 19.3 Å². The van der Waals surface area contributed by atoms with Crippen LogP contribution in [0.2, 0.25) is 0 Å². The Morgan fingerprint density at radius 1 is 0.905 bits per heavy atom. The molecule has 0 bridgehead atoms. The van der Waals surface area contributed by atoms with Crippen LogP contribution in [0, 0.1) is 16.7 Å². The molecule has 0 saturated heterocycles. The van der Waals surface area contributed by atoms with Gasteiger partial charge in [0.1, 0.15) is 6.04 Å². The topological polar surface area (TPSA) is 12.0 Å². The Kier molecular flexibility index (Phi) is 7.75. The average molecular weight is 309 g/mol. The van der Waals surface area contributed by atoms with Crippen molar-refractivity contribution in [1.82, 2.24) is 5.32 Å². The molecule has 0 radical (unpaired) electrons. The summed E-state index contributed by atoms with van der Waals surface area (Å²) in [4.78, 5) is 0. The molecule has 0 fully saturated rings. The van der Waals surface area contributed by atoms with Crippen LogP contribution in [0.1, 0.15) is 74.1 Å². The Morgan fingerprint density at radius 3 is 1.81 bits per heavy atom. The number of hydrogen-bond donors (Lipinski definition) is 1. The molecule has 0 aliphatic heterocycles. The third-order valence-corrected chi connectivity index (χ3v) is 4.97. The molecule has 1 nitrogen and oxygen atoms in total. The van der Waals surface area contributed by atoms with Gasteiger partial charge in [-0.05, 0) is 42.9 Å². The molecule has 0 aromatic carbocycles. The first-order valence-electron chi connectivity index (χ1n) is 8.14. The van der Waals surface area contributed by atoms with E-state index < -0.39 is 12.2 Å². The number of alkyl halides is 3. The maximum Gasteiger partial charge on any atom is 0.403 e. The first-order valence-corrected chi connectivity index (χ1v) is 8.14. The van der Waals surface area contributed by atoms with Crippen LogP contribution >= 0.6 is 0 Å².